The summed E-state index contributed by atoms with van der Waals surface area (Å²) < 4.78 is 5.68. The lowest BCUT2D eigenvalue weighted by Gasteiger charge is -2.33. The Morgan fingerprint density at radius 1 is 1.05 bits per heavy atom. The Kier molecular flexibility index (Phi) is 8.46. The van der Waals surface area contributed by atoms with Crippen molar-refractivity contribution >= 4 is 35.4 Å². The largest absolute Gasteiger partial charge is 0.547 e. The van der Waals surface area contributed by atoms with E-state index in [-0.39, 0.29) is 5.69 Å². The average Bonchev–Trinajstić information content (AvgIpc) is 3.21. The topological polar surface area (TPSA) is 152 Å². The molecule has 0 bridgehead atoms. The van der Waals surface area contributed by atoms with E-state index < -0.39 is 30.3 Å². The van der Waals surface area contributed by atoms with Gasteiger partial charge in [-0.15, -0.1) is 0 Å². The molecule has 198 valence electrons. The van der Waals surface area contributed by atoms with Crippen LogP contribution in [-0.4, -0.2) is 81.1 Å². The molecule has 0 spiro atoms. The predicted molar refractivity (Wildman–Crippen MR) is 133 cm³/mol. The summed E-state index contributed by atoms with van der Waals surface area (Å²) >= 11 is 5.89. The number of aliphatic carboxylic acids is 1. The predicted octanol–water partition coefficient (Wildman–Crippen LogP) is 1.04. The maximum Gasteiger partial charge on any atom is 0.412 e. The molecular weight excluding hydrogens is 516 g/mol. The number of likely N-dealkylation sites (N-methyl/N-ethyl adjacent to an activating group) is 1. The van der Waals surface area contributed by atoms with E-state index in [0.29, 0.717) is 35.2 Å². The first kappa shape index (κ1) is 26.9. The Balaban J connectivity index is 0.000000257. The summed E-state index contributed by atoms with van der Waals surface area (Å²) in [5.74, 6) is -1.60. The van der Waals surface area contributed by atoms with Crippen LogP contribution in [0.15, 0.2) is 61.1 Å². The molecule has 0 aliphatic carbocycles. The van der Waals surface area contributed by atoms with Crippen molar-refractivity contribution < 1.29 is 29.3 Å². The van der Waals surface area contributed by atoms with Crippen molar-refractivity contribution in [3.63, 3.8) is 0 Å². The molecule has 1 aromatic carbocycles. The number of ether oxygens (including phenoxy) is 1. The summed E-state index contributed by atoms with van der Waals surface area (Å²) in [5, 5.41) is 19.5. The minimum atomic E-state index is -1.52. The fourth-order valence-electron chi connectivity index (χ4n) is 3.81. The van der Waals surface area contributed by atoms with E-state index in [2.05, 4.69) is 19.9 Å². The van der Waals surface area contributed by atoms with Gasteiger partial charge in [-0.25, -0.2) is 19.7 Å². The summed E-state index contributed by atoms with van der Waals surface area (Å²) in [6, 6.07) is 11.3. The monoisotopic (exact) mass is 539 g/mol. The van der Waals surface area contributed by atoms with E-state index in [9.17, 15) is 19.5 Å². The lowest BCUT2D eigenvalue weighted by Crippen LogP contribution is -2.48. The fourth-order valence-corrected chi connectivity index (χ4v) is 3.92. The molecule has 4 heterocycles. The quantitative estimate of drug-likeness (QED) is 0.509. The molecule has 2 aliphatic heterocycles. The Bertz CT molecular complexity index is 1290. The molecule has 2 aromatic heterocycles. The molecule has 0 radical (unpaired) electrons. The number of carboxylic acid groups (broad SMARTS) is 1. The van der Waals surface area contributed by atoms with Gasteiger partial charge in [-0.05, 0) is 24.7 Å². The number of nitrogens with zero attached hydrogens (tertiary/aromatic N) is 6. The van der Waals surface area contributed by atoms with Gasteiger partial charge in [0.2, 0.25) is 6.23 Å². The van der Waals surface area contributed by atoms with Crippen LogP contribution >= 0.6 is 11.6 Å². The van der Waals surface area contributed by atoms with Crippen LogP contribution in [0.5, 0.6) is 0 Å². The number of halogens is 1. The first-order chi connectivity index (χ1) is 18.3. The molecule has 1 fully saturated rings. The summed E-state index contributed by atoms with van der Waals surface area (Å²) in [4.78, 5) is 53.1. The lowest BCUT2D eigenvalue weighted by molar-refractivity contribution is -0.315. The van der Waals surface area contributed by atoms with E-state index in [0.717, 1.165) is 13.1 Å². The lowest BCUT2D eigenvalue weighted by atomic mass is 10.1. The highest BCUT2D eigenvalue weighted by atomic mass is 35.5. The van der Waals surface area contributed by atoms with E-state index in [4.69, 9.17) is 21.4 Å². The zero-order valence-corrected chi connectivity index (χ0v) is 21.1. The number of hydrogen-bond acceptors (Lipinski definition) is 10. The second kappa shape index (κ2) is 11.9. The number of aliphatic hydroxyl groups excluding tert-OH is 1. The summed E-state index contributed by atoms with van der Waals surface area (Å²) in [5.41, 5.74) is 0.777. The number of pyridine rings is 1. The van der Waals surface area contributed by atoms with Gasteiger partial charge in [0.15, 0.2) is 5.69 Å². The number of rotatable bonds is 4. The number of carbonyl (C=O) groups excluding carboxylic acids is 3. The number of benzene rings is 1. The second-order valence-corrected chi connectivity index (χ2v) is 8.90. The number of anilines is 1. The van der Waals surface area contributed by atoms with Gasteiger partial charge in [-0.1, -0.05) is 41.9 Å². The van der Waals surface area contributed by atoms with Gasteiger partial charge < -0.3 is 29.5 Å². The zero-order valence-electron chi connectivity index (χ0n) is 20.3. The second-order valence-electron chi connectivity index (χ2n) is 8.46. The molecule has 2 atom stereocenters. The molecule has 1 N–H and O–H groups in total. The first-order valence-electron chi connectivity index (χ1n) is 11.6. The first-order valence-corrected chi connectivity index (χ1v) is 12.0. The van der Waals surface area contributed by atoms with Crippen LogP contribution in [0.2, 0.25) is 5.02 Å². The molecule has 2 amide bonds. The van der Waals surface area contributed by atoms with E-state index in [1.807, 2.05) is 7.05 Å². The number of amides is 2. The van der Waals surface area contributed by atoms with Gasteiger partial charge in [-0.2, -0.15) is 0 Å². The number of piperazine rings is 1. The van der Waals surface area contributed by atoms with Crippen molar-refractivity contribution in [3.8, 4) is 0 Å². The third-order valence-electron chi connectivity index (χ3n) is 5.89. The number of aliphatic hydroxyl groups is 1. The molecule has 2 aliphatic rings. The SMILES string of the molecule is CN1CCN(C(=O)O[C@H]2c3nccnc3C(=O)N2c2ccc(Cl)cn2)CC1.O=C([O-])[C@H](O)c1ccccc1. The van der Waals surface area contributed by atoms with Crippen LogP contribution in [0.1, 0.15) is 34.1 Å². The van der Waals surface area contributed by atoms with Gasteiger partial charge in [-0.3, -0.25) is 9.78 Å². The molecule has 0 saturated carbocycles. The smallest absolute Gasteiger partial charge is 0.412 e. The molecular formula is C25H24ClN6O6-. The van der Waals surface area contributed by atoms with Gasteiger partial charge in [0.05, 0.1) is 11.0 Å². The fraction of sp³-hybridized carbons (Fsp3) is 0.280. The van der Waals surface area contributed by atoms with E-state index in [1.54, 1.807) is 35.2 Å². The molecule has 38 heavy (non-hydrogen) atoms. The average molecular weight is 540 g/mol. The van der Waals surface area contributed by atoms with Crippen LogP contribution < -0.4 is 10.0 Å². The van der Waals surface area contributed by atoms with Crippen molar-refractivity contribution in [1.82, 2.24) is 24.8 Å². The normalized spacial score (nSPS) is 17.8. The molecule has 0 unspecified atom stereocenters. The highest BCUT2D eigenvalue weighted by Gasteiger charge is 2.44. The number of carbonyl (C=O) groups is 3. The maximum absolute atomic E-state index is 12.8. The number of hydrogen-bond donors (Lipinski definition) is 1. The summed E-state index contributed by atoms with van der Waals surface area (Å²) in [6.07, 6.45) is 1.26. The van der Waals surface area contributed by atoms with Crippen LogP contribution in [0.4, 0.5) is 10.6 Å². The maximum atomic E-state index is 12.8. The van der Waals surface area contributed by atoms with Crippen LogP contribution in [0, 0.1) is 0 Å². The summed E-state index contributed by atoms with van der Waals surface area (Å²) in [6.45, 7) is 2.64. The number of aromatic nitrogens is 3. The van der Waals surface area contributed by atoms with Crippen LogP contribution in [0.25, 0.3) is 0 Å². The van der Waals surface area contributed by atoms with Crippen molar-refractivity contribution in [2.75, 3.05) is 38.1 Å². The van der Waals surface area contributed by atoms with Gasteiger partial charge >= 0.3 is 6.09 Å². The van der Waals surface area contributed by atoms with Gasteiger partial charge in [0, 0.05) is 44.8 Å². The van der Waals surface area contributed by atoms with Gasteiger partial charge in [0.1, 0.15) is 17.6 Å². The zero-order chi connectivity index (χ0) is 27.2. The van der Waals surface area contributed by atoms with Crippen molar-refractivity contribution in [2.45, 2.75) is 12.3 Å². The molecule has 1 saturated heterocycles. The standard InChI is InChI=1S/C17H17ClN6O3.C8H8O3/c1-22-6-8-23(9-7-22)17(26)27-16-14-13(19-4-5-20-14)15(25)24(16)12-3-2-11(18)10-21-12;9-7(8(10)11)6-4-2-1-3-5-6/h2-5,10,16H,6-9H2,1H3;1-5,7,9H,(H,10,11)/p-1/t16-;7-/m01/s1. The van der Waals surface area contributed by atoms with E-state index >= 15 is 0 Å². The van der Waals surface area contributed by atoms with Crippen molar-refractivity contribution in [1.29, 1.82) is 0 Å². The Morgan fingerprint density at radius 2 is 1.74 bits per heavy atom. The molecule has 5 rings (SSSR count). The molecule has 13 heteroatoms. The third-order valence-corrected chi connectivity index (χ3v) is 6.11. The Morgan fingerprint density at radius 3 is 2.37 bits per heavy atom. The number of carboxylic acids is 1. The molecule has 12 nitrogen and oxygen atoms in total. The minimum absolute atomic E-state index is 0.144. The number of fused-ring (bicyclic) bond motifs is 1. The summed E-state index contributed by atoms with van der Waals surface area (Å²) in [7, 11) is 2.00. The highest BCUT2D eigenvalue weighted by molar-refractivity contribution is 6.30. The molecule has 3 aromatic rings. The minimum Gasteiger partial charge on any atom is -0.547 e. The van der Waals surface area contributed by atoms with Crippen molar-refractivity contribution in [2.24, 2.45) is 0 Å². The van der Waals surface area contributed by atoms with Crippen LogP contribution in [0.3, 0.4) is 0 Å². The third kappa shape index (κ3) is 6.05. The van der Waals surface area contributed by atoms with Gasteiger partial charge in [0.25, 0.3) is 5.91 Å². The van der Waals surface area contributed by atoms with Crippen LogP contribution in [-0.2, 0) is 9.53 Å². The highest BCUT2D eigenvalue weighted by Crippen LogP contribution is 2.35. The van der Waals surface area contributed by atoms with E-state index in [1.165, 1.54) is 35.6 Å². The van der Waals surface area contributed by atoms with Crippen molar-refractivity contribution in [3.05, 3.63) is 83.0 Å². The Hall–Kier alpha value is -4.13. The Labute approximate surface area is 223 Å².